The Balaban J connectivity index is 2.00. The Kier molecular flexibility index (Phi) is 5.85. The molecule has 0 atom stereocenters. The monoisotopic (exact) mass is 484 g/mol. The first kappa shape index (κ1) is 23.0. The van der Waals surface area contributed by atoms with Gasteiger partial charge >= 0.3 is 5.97 Å². The molecule has 0 radical (unpaired) electrons. The Labute approximate surface area is 206 Å². The van der Waals surface area contributed by atoms with E-state index in [9.17, 15) is 9.59 Å². The van der Waals surface area contributed by atoms with Gasteiger partial charge in [0.25, 0.3) is 5.56 Å². The van der Waals surface area contributed by atoms with Gasteiger partial charge in [0.2, 0.25) is 5.75 Å². The maximum Gasteiger partial charge on any atom is 0.357 e. The molecule has 2 aromatic heterocycles. The SMILES string of the molecule is COC(=O)c1c(-c2cc(OC)c(OC)c(OC)c2)c2ccccc2c(=O)n1-n1ccc2ccccc21. The zero-order valence-corrected chi connectivity index (χ0v) is 20.3. The number of fused-ring (bicyclic) bond motifs is 2. The highest BCUT2D eigenvalue weighted by molar-refractivity contribution is 6.07. The number of esters is 1. The van der Waals surface area contributed by atoms with Crippen molar-refractivity contribution in [2.24, 2.45) is 0 Å². The zero-order valence-electron chi connectivity index (χ0n) is 20.3. The Morgan fingerprint density at radius 1 is 0.778 bits per heavy atom. The number of hydrogen-bond acceptors (Lipinski definition) is 6. The second-order valence-electron chi connectivity index (χ2n) is 8.01. The van der Waals surface area contributed by atoms with E-state index in [2.05, 4.69) is 0 Å². The number of nitrogens with zero attached hydrogens (tertiary/aromatic N) is 2. The molecular formula is C28H24N2O6. The highest BCUT2D eigenvalue weighted by Gasteiger charge is 2.27. The second-order valence-corrected chi connectivity index (χ2v) is 8.01. The van der Waals surface area contributed by atoms with Gasteiger partial charge in [0.15, 0.2) is 17.2 Å². The van der Waals surface area contributed by atoms with Crippen molar-refractivity contribution in [2.45, 2.75) is 0 Å². The first-order valence-corrected chi connectivity index (χ1v) is 11.2. The third kappa shape index (κ3) is 3.46. The Morgan fingerprint density at radius 3 is 2.06 bits per heavy atom. The average Bonchev–Trinajstić information content (AvgIpc) is 3.35. The number of benzene rings is 3. The lowest BCUT2D eigenvalue weighted by atomic mass is 9.96. The van der Waals surface area contributed by atoms with Crippen LogP contribution in [0.5, 0.6) is 17.2 Å². The van der Waals surface area contributed by atoms with E-state index in [1.165, 1.54) is 33.1 Å². The Morgan fingerprint density at radius 2 is 1.42 bits per heavy atom. The average molecular weight is 485 g/mol. The van der Waals surface area contributed by atoms with Crippen LogP contribution in [-0.4, -0.2) is 43.8 Å². The lowest BCUT2D eigenvalue weighted by Gasteiger charge is -2.21. The minimum Gasteiger partial charge on any atom is -0.493 e. The van der Waals surface area contributed by atoms with Crippen LogP contribution in [0.2, 0.25) is 0 Å². The van der Waals surface area contributed by atoms with Crippen molar-refractivity contribution in [2.75, 3.05) is 28.4 Å². The molecule has 0 aliphatic carbocycles. The number of rotatable bonds is 6. The minimum atomic E-state index is -0.667. The molecular weight excluding hydrogens is 460 g/mol. The van der Waals surface area contributed by atoms with Gasteiger partial charge in [-0.2, -0.15) is 0 Å². The fraction of sp³-hybridized carbons (Fsp3) is 0.143. The summed E-state index contributed by atoms with van der Waals surface area (Å²) in [5.74, 6) is 0.573. The molecule has 0 saturated carbocycles. The second kappa shape index (κ2) is 9.14. The highest BCUT2D eigenvalue weighted by Crippen LogP contribution is 2.43. The summed E-state index contributed by atoms with van der Waals surface area (Å²) in [6, 6.07) is 20.2. The van der Waals surface area contributed by atoms with Crippen molar-refractivity contribution >= 4 is 27.6 Å². The van der Waals surface area contributed by atoms with E-state index in [4.69, 9.17) is 18.9 Å². The summed E-state index contributed by atoms with van der Waals surface area (Å²) >= 11 is 0. The van der Waals surface area contributed by atoms with Crippen LogP contribution in [0.15, 0.2) is 77.7 Å². The number of carbonyl (C=O) groups excluding carboxylic acids is 1. The molecule has 0 amide bonds. The van der Waals surface area contributed by atoms with E-state index >= 15 is 0 Å². The molecule has 2 heterocycles. The number of pyridine rings is 1. The quantitative estimate of drug-likeness (QED) is 0.324. The first-order chi connectivity index (χ1) is 17.5. The predicted octanol–water partition coefficient (Wildman–Crippen LogP) is 4.75. The predicted molar refractivity (Wildman–Crippen MR) is 137 cm³/mol. The summed E-state index contributed by atoms with van der Waals surface area (Å²) in [6.45, 7) is 0. The number of hydrogen-bond donors (Lipinski definition) is 0. The molecule has 8 nitrogen and oxygen atoms in total. The van der Waals surface area contributed by atoms with Crippen molar-refractivity contribution in [1.82, 2.24) is 9.35 Å². The van der Waals surface area contributed by atoms with Crippen LogP contribution >= 0.6 is 0 Å². The van der Waals surface area contributed by atoms with Crippen LogP contribution < -0.4 is 19.8 Å². The van der Waals surface area contributed by atoms with Gasteiger partial charge in [0, 0.05) is 22.5 Å². The van der Waals surface area contributed by atoms with Crippen molar-refractivity contribution < 1.29 is 23.7 Å². The molecule has 36 heavy (non-hydrogen) atoms. The van der Waals surface area contributed by atoms with Crippen LogP contribution in [0.1, 0.15) is 10.5 Å². The molecule has 0 bridgehead atoms. The van der Waals surface area contributed by atoms with Crippen molar-refractivity contribution in [3.8, 4) is 28.4 Å². The number of para-hydroxylation sites is 1. The smallest absolute Gasteiger partial charge is 0.357 e. The summed E-state index contributed by atoms with van der Waals surface area (Å²) in [4.78, 5) is 27.3. The topological polar surface area (TPSA) is 80.9 Å². The summed E-state index contributed by atoms with van der Waals surface area (Å²) < 4.78 is 24.9. The summed E-state index contributed by atoms with van der Waals surface area (Å²) in [5.41, 5.74) is 1.55. The molecule has 0 spiro atoms. The largest absolute Gasteiger partial charge is 0.493 e. The fourth-order valence-corrected chi connectivity index (χ4v) is 4.59. The molecule has 5 rings (SSSR count). The Bertz CT molecular complexity index is 1660. The number of carbonyl (C=O) groups is 1. The number of aromatic nitrogens is 2. The molecule has 8 heteroatoms. The van der Waals surface area contributed by atoms with Gasteiger partial charge in [-0.25, -0.2) is 9.47 Å². The summed E-state index contributed by atoms with van der Waals surface area (Å²) in [7, 11) is 5.85. The van der Waals surface area contributed by atoms with Crippen LogP contribution in [-0.2, 0) is 4.74 Å². The molecule has 0 N–H and O–H groups in total. The molecule has 0 aliphatic rings. The van der Waals surface area contributed by atoms with Crippen molar-refractivity contribution in [1.29, 1.82) is 0 Å². The summed E-state index contributed by atoms with van der Waals surface area (Å²) in [6.07, 6.45) is 1.76. The molecule has 3 aromatic carbocycles. The van der Waals surface area contributed by atoms with Gasteiger partial charge in [0.1, 0.15) is 0 Å². The van der Waals surface area contributed by atoms with Gasteiger partial charge < -0.3 is 18.9 Å². The zero-order chi connectivity index (χ0) is 25.4. The van der Waals surface area contributed by atoms with E-state index < -0.39 is 5.97 Å². The van der Waals surface area contributed by atoms with Crippen LogP contribution in [0.4, 0.5) is 0 Å². The first-order valence-electron chi connectivity index (χ1n) is 11.2. The van der Waals surface area contributed by atoms with Gasteiger partial charge in [0.05, 0.1) is 34.0 Å². The van der Waals surface area contributed by atoms with E-state index in [-0.39, 0.29) is 11.3 Å². The van der Waals surface area contributed by atoms with Crippen molar-refractivity contribution in [3.63, 3.8) is 0 Å². The molecule has 0 saturated heterocycles. The molecule has 182 valence electrons. The molecule has 0 fully saturated rings. The Hall–Kier alpha value is -4.72. The van der Waals surface area contributed by atoms with E-state index in [1.54, 1.807) is 41.2 Å². The number of methoxy groups -OCH3 is 4. The maximum absolute atomic E-state index is 13.9. The highest BCUT2D eigenvalue weighted by atomic mass is 16.5. The van der Waals surface area contributed by atoms with E-state index in [0.29, 0.717) is 39.1 Å². The van der Waals surface area contributed by atoms with Crippen LogP contribution in [0.25, 0.3) is 32.8 Å². The molecule has 5 aromatic rings. The van der Waals surface area contributed by atoms with E-state index in [1.807, 2.05) is 36.4 Å². The number of ether oxygens (including phenoxy) is 4. The minimum absolute atomic E-state index is 0.0665. The maximum atomic E-state index is 13.9. The fourth-order valence-electron chi connectivity index (χ4n) is 4.59. The van der Waals surface area contributed by atoms with Crippen LogP contribution in [0, 0.1) is 0 Å². The third-order valence-corrected chi connectivity index (χ3v) is 6.19. The normalized spacial score (nSPS) is 11.0. The molecule has 0 unspecified atom stereocenters. The standard InChI is InChI=1S/C28H24N2O6/c1-33-22-15-18(16-23(34-2)26(22)35-3)24-19-10-6-7-11-20(19)27(31)30(25(24)28(32)36-4)29-14-13-17-9-5-8-12-21(17)29/h5-16H,1-4H3. The lowest BCUT2D eigenvalue weighted by molar-refractivity contribution is 0.0587. The summed E-state index contributed by atoms with van der Waals surface area (Å²) in [5, 5.41) is 1.94. The lowest BCUT2D eigenvalue weighted by Crippen LogP contribution is -2.32. The van der Waals surface area contributed by atoms with Crippen LogP contribution in [0.3, 0.4) is 0 Å². The third-order valence-electron chi connectivity index (χ3n) is 6.19. The van der Waals surface area contributed by atoms with Gasteiger partial charge in [-0.05, 0) is 41.3 Å². The van der Waals surface area contributed by atoms with E-state index in [0.717, 1.165) is 10.9 Å². The van der Waals surface area contributed by atoms with Crippen molar-refractivity contribution in [3.05, 3.63) is 89.0 Å². The van der Waals surface area contributed by atoms with Gasteiger partial charge in [-0.15, -0.1) is 0 Å². The molecule has 0 aliphatic heterocycles. The van der Waals surface area contributed by atoms with Gasteiger partial charge in [-0.3, -0.25) is 9.47 Å². The van der Waals surface area contributed by atoms with Gasteiger partial charge in [-0.1, -0.05) is 36.4 Å².